The maximum atomic E-state index is 9.78. The highest BCUT2D eigenvalue weighted by Crippen LogP contribution is 2.28. The van der Waals surface area contributed by atoms with Crippen LogP contribution in [0.1, 0.15) is 0 Å². The molecule has 0 aromatic carbocycles. The predicted molar refractivity (Wildman–Crippen MR) is 52.9 cm³/mol. The van der Waals surface area contributed by atoms with E-state index >= 15 is 0 Å². The van der Waals surface area contributed by atoms with Gasteiger partial charge in [-0.2, -0.15) is 0 Å². The zero-order chi connectivity index (χ0) is 13.2. The quantitative estimate of drug-likeness (QED) is 0.265. The molecule has 1 aliphatic rings. The van der Waals surface area contributed by atoms with Crippen LogP contribution in [0.3, 0.4) is 0 Å². The Hall–Kier alpha value is -0.320. The van der Waals surface area contributed by atoms with E-state index in [-0.39, 0.29) is 0 Å². The first-order valence-electron chi connectivity index (χ1n) is 5.16. The highest BCUT2D eigenvalue weighted by Gasteiger charge is 2.51. The fourth-order valence-electron chi connectivity index (χ4n) is 1.78. The molecule has 0 aromatic heterocycles. The summed E-state index contributed by atoms with van der Waals surface area (Å²) in [6, 6.07) is 0. The highest BCUT2D eigenvalue weighted by atomic mass is 16.6. The second kappa shape index (κ2) is 5.55. The fraction of sp³-hybridized carbons (Fsp3) is 1.00. The molecule has 8 nitrogen and oxygen atoms in total. The largest absolute Gasteiger partial charge is 0.394 e. The van der Waals surface area contributed by atoms with Gasteiger partial charge < -0.3 is 40.5 Å². The lowest BCUT2D eigenvalue weighted by atomic mass is 9.85. The third-order valence-corrected chi connectivity index (χ3v) is 2.97. The monoisotopic (exact) mass is 254 g/mol. The number of ether oxygens (including phenoxy) is 1. The summed E-state index contributed by atoms with van der Waals surface area (Å²) in [6.07, 6.45) is -7.61. The molecule has 17 heavy (non-hydrogen) atoms. The van der Waals surface area contributed by atoms with E-state index in [0.29, 0.717) is 0 Å². The Bertz CT molecular complexity index is 241. The number of rotatable bonds is 4. The van der Waals surface area contributed by atoms with Crippen LogP contribution in [0, 0.1) is 0 Å². The van der Waals surface area contributed by atoms with Crippen molar-refractivity contribution in [1.82, 2.24) is 0 Å². The fourth-order valence-corrected chi connectivity index (χ4v) is 1.78. The Kier molecular flexibility index (Phi) is 4.81. The Morgan fingerprint density at radius 3 is 1.82 bits per heavy atom. The summed E-state index contributed by atoms with van der Waals surface area (Å²) in [5, 5.41) is 65.2. The van der Waals surface area contributed by atoms with Gasteiger partial charge in [0.25, 0.3) is 0 Å². The second-order valence-electron chi connectivity index (χ2n) is 4.17. The van der Waals surface area contributed by atoms with E-state index in [1.807, 2.05) is 0 Å². The van der Waals surface area contributed by atoms with Crippen molar-refractivity contribution in [2.45, 2.75) is 36.1 Å². The van der Waals surface area contributed by atoms with Gasteiger partial charge in [-0.1, -0.05) is 0 Å². The molecule has 0 saturated carbocycles. The van der Waals surface area contributed by atoms with Crippen LogP contribution in [0.25, 0.3) is 0 Å². The molecule has 0 spiro atoms. The second-order valence-corrected chi connectivity index (χ2v) is 4.17. The first-order chi connectivity index (χ1) is 7.91. The predicted octanol–water partition coefficient (Wildman–Crippen LogP) is -4.46. The number of aliphatic hydroxyl groups excluding tert-OH is 6. The molecule has 1 heterocycles. The van der Waals surface area contributed by atoms with E-state index in [1.165, 1.54) is 0 Å². The first kappa shape index (κ1) is 14.7. The molecule has 7 N–H and O–H groups in total. The third kappa shape index (κ3) is 2.59. The van der Waals surface area contributed by atoms with Gasteiger partial charge in [0.05, 0.1) is 19.8 Å². The van der Waals surface area contributed by atoms with Gasteiger partial charge in [-0.05, 0) is 0 Å². The topological polar surface area (TPSA) is 151 Å². The van der Waals surface area contributed by atoms with Gasteiger partial charge in [0, 0.05) is 0 Å². The molecular weight excluding hydrogens is 236 g/mol. The van der Waals surface area contributed by atoms with Crippen LogP contribution in [0.15, 0.2) is 0 Å². The van der Waals surface area contributed by atoms with Crippen LogP contribution in [0.5, 0.6) is 0 Å². The summed E-state index contributed by atoms with van der Waals surface area (Å²) in [5.41, 5.74) is -2.17. The number of hydrogen-bond acceptors (Lipinski definition) is 8. The Morgan fingerprint density at radius 1 is 0.882 bits per heavy atom. The third-order valence-electron chi connectivity index (χ3n) is 2.97. The van der Waals surface area contributed by atoms with Gasteiger partial charge in [0.2, 0.25) is 0 Å². The SMILES string of the molecule is OC[C@H]1OC(C(O)(CO)CO)[C@H](O)[C@@H](O)[C@@H]1O. The molecule has 1 saturated heterocycles. The zero-order valence-electron chi connectivity index (χ0n) is 9.05. The Balaban J connectivity index is 2.92. The van der Waals surface area contributed by atoms with Crippen LogP contribution in [-0.2, 0) is 4.74 Å². The van der Waals surface area contributed by atoms with Crippen molar-refractivity contribution in [2.24, 2.45) is 0 Å². The summed E-state index contributed by atoms with van der Waals surface area (Å²) in [5.74, 6) is 0. The molecule has 1 fully saturated rings. The summed E-state index contributed by atoms with van der Waals surface area (Å²) in [4.78, 5) is 0. The van der Waals surface area contributed by atoms with Crippen molar-refractivity contribution < 1.29 is 40.5 Å². The maximum absolute atomic E-state index is 9.78. The lowest BCUT2D eigenvalue weighted by molar-refractivity contribution is -0.280. The molecule has 1 rings (SSSR count). The van der Waals surface area contributed by atoms with E-state index in [9.17, 15) is 20.4 Å². The molecule has 0 bridgehead atoms. The van der Waals surface area contributed by atoms with Crippen molar-refractivity contribution in [2.75, 3.05) is 19.8 Å². The summed E-state index contributed by atoms with van der Waals surface area (Å²) in [7, 11) is 0. The molecule has 0 amide bonds. The van der Waals surface area contributed by atoms with E-state index < -0.39 is 55.9 Å². The van der Waals surface area contributed by atoms with Gasteiger partial charge >= 0.3 is 0 Å². The number of aliphatic hydroxyl groups is 7. The lowest BCUT2D eigenvalue weighted by Gasteiger charge is -2.45. The van der Waals surface area contributed by atoms with Crippen molar-refractivity contribution in [1.29, 1.82) is 0 Å². The van der Waals surface area contributed by atoms with E-state index in [1.54, 1.807) is 0 Å². The smallest absolute Gasteiger partial charge is 0.139 e. The summed E-state index contributed by atoms with van der Waals surface area (Å²) in [6.45, 7) is -2.47. The molecule has 8 heteroatoms. The Labute approximate surface area is 97.3 Å². The van der Waals surface area contributed by atoms with Gasteiger partial charge in [0.1, 0.15) is 36.1 Å². The number of hydrogen-bond donors (Lipinski definition) is 7. The average Bonchev–Trinajstić information content (AvgIpc) is 2.35. The molecule has 102 valence electrons. The molecule has 0 aliphatic carbocycles. The minimum atomic E-state index is -2.17. The summed E-state index contributed by atoms with van der Waals surface area (Å²) >= 11 is 0. The first-order valence-corrected chi connectivity index (χ1v) is 5.16. The van der Waals surface area contributed by atoms with Crippen molar-refractivity contribution >= 4 is 0 Å². The molecule has 1 aliphatic heterocycles. The lowest BCUT2D eigenvalue weighted by Crippen LogP contribution is -2.67. The van der Waals surface area contributed by atoms with Crippen molar-refractivity contribution in [3.63, 3.8) is 0 Å². The van der Waals surface area contributed by atoms with Gasteiger partial charge in [-0.3, -0.25) is 0 Å². The molecule has 0 radical (unpaired) electrons. The zero-order valence-corrected chi connectivity index (χ0v) is 9.05. The standard InChI is InChI=1S/C9H18O8/c10-1-4-5(13)6(14)7(15)8(17-4)9(16,2-11)3-12/h4-8,10-16H,1-3H2/t4-,5-,6+,7-,8?/m1/s1. The van der Waals surface area contributed by atoms with Crippen LogP contribution in [0.4, 0.5) is 0 Å². The average molecular weight is 254 g/mol. The molecule has 1 unspecified atom stereocenters. The maximum Gasteiger partial charge on any atom is 0.139 e. The Morgan fingerprint density at radius 2 is 1.41 bits per heavy atom. The van der Waals surface area contributed by atoms with Crippen LogP contribution < -0.4 is 0 Å². The summed E-state index contributed by atoms with van der Waals surface area (Å²) < 4.78 is 5.00. The van der Waals surface area contributed by atoms with Crippen LogP contribution >= 0.6 is 0 Å². The van der Waals surface area contributed by atoms with E-state index in [2.05, 4.69) is 0 Å². The molecular formula is C9H18O8. The molecule has 5 atom stereocenters. The van der Waals surface area contributed by atoms with Crippen molar-refractivity contribution in [3.8, 4) is 0 Å². The van der Waals surface area contributed by atoms with Crippen LogP contribution in [-0.4, -0.2) is 91.7 Å². The van der Waals surface area contributed by atoms with Gasteiger partial charge in [0.15, 0.2) is 0 Å². The van der Waals surface area contributed by atoms with Crippen molar-refractivity contribution in [3.05, 3.63) is 0 Å². The highest BCUT2D eigenvalue weighted by molar-refractivity contribution is 5.00. The molecule has 0 aromatic rings. The minimum absolute atomic E-state index is 0.644. The van der Waals surface area contributed by atoms with E-state index in [0.717, 1.165) is 0 Å². The normalized spacial score (nSPS) is 39.4. The van der Waals surface area contributed by atoms with Gasteiger partial charge in [-0.15, -0.1) is 0 Å². The van der Waals surface area contributed by atoms with Crippen LogP contribution in [0.2, 0.25) is 0 Å². The van der Waals surface area contributed by atoms with E-state index in [4.69, 9.17) is 20.1 Å². The van der Waals surface area contributed by atoms with Gasteiger partial charge in [-0.25, -0.2) is 0 Å². The minimum Gasteiger partial charge on any atom is -0.394 e.